The van der Waals surface area contributed by atoms with Crippen LogP contribution in [-0.4, -0.2) is 53.4 Å². The summed E-state index contributed by atoms with van der Waals surface area (Å²) in [5.74, 6) is 1.19. The highest BCUT2D eigenvalue weighted by molar-refractivity contribution is 5.99. The molecule has 2 aromatic rings. The first-order valence-electron chi connectivity index (χ1n) is 10.0. The highest BCUT2D eigenvalue weighted by Gasteiger charge is 2.31. The number of benzene rings is 1. The molecule has 0 spiro atoms. The van der Waals surface area contributed by atoms with Crippen LogP contribution in [0.5, 0.6) is 0 Å². The number of anilines is 1. The van der Waals surface area contributed by atoms with Crippen molar-refractivity contribution in [3.05, 3.63) is 52.3 Å². The molecule has 0 bridgehead atoms. The maximum atomic E-state index is 12.9. The van der Waals surface area contributed by atoms with Gasteiger partial charge in [0.15, 0.2) is 5.78 Å². The molecule has 27 heavy (non-hydrogen) atoms. The Morgan fingerprint density at radius 3 is 2.48 bits per heavy atom. The zero-order chi connectivity index (χ0) is 19.0. The Morgan fingerprint density at radius 2 is 1.78 bits per heavy atom. The van der Waals surface area contributed by atoms with Crippen LogP contribution >= 0.6 is 0 Å². The molecule has 2 heterocycles. The summed E-state index contributed by atoms with van der Waals surface area (Å²) in [7, 11) is 0. The number of likely N-dealkylation sites (N-methyl/N-ethyl adjacent to an activating group) is 1. The van der Waals surface area contributed by atoms with Gasteiger partial charge in [-0.1, -0.05) is 31.2 Å². The lowest BCUT2D eigenvalue weighted by Crippen LogP contribution is -2.47. The van der Waals surface area contributed by atoms with Gasteiger partial charge in [0.25, 0.3) is 0 Å². The molecule has 1 saturated heterocycles. The Balaban J connectivity index is 1.64. The number of hydrogen-bond donors (Lipinski definition) is 0. The molecule has 1 aliphatic heterocycles. The number of rotatable bonds is 3. The van der Waals surface area contributed by atoms with Gasteiger partial charge < -0.3 is 9.80 Å². The van der Waals surface area contributed by atoms with E-state index in [4.69, 9.17) is 9.97 Å². The number of nitrogens with zero attached hydrogens (tertiary/aromatic N) is 4. The molecule has 1 aliphatic carbocycles. The molecule has 5 heteroatoms. The van der Waals surface area contributed by atoms with Crippen molar-refractivity contribution in [1.82, 2.24) is 14.9 Å². The van der Waals surface area contributed by atoms with Crippen LogP contribution in [0.15, 0.2) is 24.3 Å². The fraction of sp³-hybridized carbons (Fsp3) is 0.500. The minimum absolute atomic E-state index is 0.185. The van der Waals surface area contributed by atoms with Crippen LogP contribution in [0.4, 0.5) is 5.95 Å². The molecule has 1 fully saturated rings. The average Bonchev–Trinajstić information content (AvgIpc) is 2.67. The molecule has 0 radical (unpaired) electrons. The maximum Gasteiger partial charge on any atom is 0.225 e. The molecular formula is C22H28N4O. The van der Waals surface area contributed by atoms with E-state index in [1.165, 1.54) is 11.1 Å². The number of carbonyl (C=O) groups is 1. The summed E-state index contributed by atoms with van der Waals surface area (Å²) < 4.78 is 0. The fourth-order valence-corrected chi connectivity index (χ4v) is 4.43. The summed E-state index contributed by atoms with van der Waals surface area (Å²) in [6, 6.07) is 8.39. The monoisotopic (exact) mass is 364 g/mol. The molecule has 2 aliphatic rings. The molecule has 1 aromatic heterocycles. The smallest absolute Gasteiger partial charge is 0.225 e. The molecule has 0 unspecified atom stereocenters. The minimum Gasteiger partial charge on any atom is -0.338 e. The molecule has 0 saturated carbocycles. The number of fused-ring (bicyclic) bond motifs is 1. The predicted molar refractivity (Wildman–Crippen MR) is 108 cm³/mol. The Kier molecular flexibility index (Phi) is 4.96. The summed E-state index contributed by atoms with van der Waals surface area (Å²) in [6.45, 7) is 11.3. The first-order valence-corrected chi connectivity index (χ1v) is 10.0. The predicted octanol–water partition coefficient (Wildman–Crippen LogP) is 3.15. The largest absolute Gasteiger partial charge is 0.338 e. The molecule has 0 amide bonds. The minimum atomic E-state index is 0.185. The Bertz CT molecular complexity index is 855. The highest BCUT2D eigenvalue weighted by Crippen LogP contribution is 2.35. The molecule has 1 atom stereocenters. The van der Waals surface area contributed by atoms with E-state index in [1.54, 1.807) is 0 Å². The van der Waals surface area contributed by atoms with Crippen LogP contribution in [0.25, 0.3) is 0 Å². The summed E-state index contributed by atoms with van der Waals surface area (Å²) >= 11 is 0. The average molecular weight is 364 g/mol. The van der Waals surface area contributed by atoms with Crippen molar-refractivity contribution in [1.29, 1.82) is 0 Å². The second kappa shape index (κ2) is 7.39. The normalized spacial score (nSPS) is 20.6. The number of aryl methyl sites for hydroxylation is 2. The van der Waals surface area contributed by atoms with E-state index in [0.29, 0.717) is 6.42 Å². The van der Waals surface area contributed by atoms with E-state index >= 15 is 0 Å². The molecular weight excluding hydrogens is 336 g/mol. The van der Waals surface area contributed by atoms with Gasteiger partial charge in [0.05, 0.1) is 17.0 Å². The first-order chi connectivity index (χ1) is 13.1. The first kappa shape index (κ1) is 18.1. The van der Waals surface area contributed by atoms with Crippen molar-refractivity contribution < 1.29 is 4.79 Å². The standard InChI is InChI=1S/C22H28N4O/c1-4-25-9-11-26(12-10-25)22-23-16(3)21-19(24-22)13-17(14-20(21)27)18-8-6-5-7-15(18)2/h5-8,17H,4,9-14H2,1-3H3/t17-/m0/s1. The van der Waals surface area contributed by atoms with Gasteiger partial charge in [-0.2, -0.15) is 0 Å². The number of Topliss-reactive ketones (excluding diaryl/α,β-unsaturated/α-hetero) is 1. The van der Waals surface area contributed by atoms with E-state index in [1.807, 2.05) is 6.92 Å². The van der Waals surface area contributed by atoms with E-state index in [0.717, 1.165) is 62.0 Å². The summed E-state index contributed by atoms with van der Waals surface area (Å²) in [4.78, 5) is 27.2. The Morgan fingerprint density at radius 1 is 1.04 bits per heavy atom. The van der Waals surface area contributed by atoms with Gasteiger partial charge >= 0.3 is 0 Å². The van der Waals surface area contributed by atoms with E-state index in [2.05, 4.69) is 47.9 Å². The topological polar surface area (TPSA) is 49.3 Å². The van der Waals surface area contributed by atoms with Crippen LogP contribution in [0.1, 0.15) is 52.1 Å². The summed E-state index contributed by atoms with van der Waals surface area (Å²) in [6.07, 6.45) is 1.37. The molecule has 4 rings (SSSR count). The number of hydrogen-bond acceptors (Lipinski definition) is 5. The SMILES string of the molecule is CCN1CCN(c2nc(C)c3c(n2)C[C@H](c2ccccc2C)CC3=O)CC1. The molecule has 142 valence electrons. The van der Waals surface area contributed by atoms with Gasteiger partial charge in [-0.05, 0) is 43.9 Å². The van der Waals surface area contributed by atoms with Crippen molar-refractivity contribution in [3.63, 3.8) is 0 Å². The van der Waals surface area contributed by atoms with Crippen molar-refractivity contribution in [3.8, 4) is 0 Å². The lowest BCUT2D eigenvalue weighted by molar-refractivity contribution is 0.0962. The zero-order valence-corrected chi connectivity index (χ0v) is 16.5. The molecule has 5 nitrogen and oxygen atoms in total. The van der Waals surface area contributed by atoms with E-state index in [9.17, 15) is 4.79 Å². The lowest BCUT2D eigenvalue weighted by Gasteiger charge is -2.35. The molecule has 0 N–H and O–H groups in total. The molecule has 1 aromatic carbocycles. The number of ketones is 1. The van der Waals surface area contributed by atoms with Gasteiger partial charge in [0, 0.05) is 32.6 Å². The Labute approximate surface area is 161 Å². The van der Waals surface area contributed by atoms with E-state index < -0.39 is 0 Å². The van der Waals surface area contributed by atoms with Crippen molar-refractivity contribution in [2.45, 2.75) is 39.5 Å². The van der Waals surface area contributed by atoms with Gasteiger partial charge in [-0.25, -0.2) is 9.97 Å². The summed E-state index contributed by atoms with van der Waals surface area (Å²) in [5, 5.41) is 0. The zero-order valence-electron chi connectivity index (χ0n) is 16.5. The second-order valence-corrected chi connectivity index (χ2v) is 7.74. The lowest BCUT2D eigenvalue weighted by atomic mass is 9.80. The van der Waals surface area contributed by atoms with Crippen LogP contribution in [-0.2, 0) is 6.42 Å². The van der Waals surface area contributed by atoms with Gasteiger partial charge in [-0.15, -0.1) is 0 Å². The van der Waals surface area contributed by atoms with Crippen LogP contribution in [0.3, 0.4) is 0 Å². The van der Waals surface area contributed by atoms with Crippen LogP contribution in [0, 0.1) is 13.8 Å². The van der Waals surface area contributed by atoms with Gasteiger partial charge in [0.2, 0.25) is 5.95 Å². The third-order valence-corrected chi connectivity index (χ3v) is 6.03. The number of aromatic nitrogens is 2. The van der Waals surface area contributed by atoms with Gasteiger partial charge in [0.1, 0.15) is 0 Å². The third-order valence-electron chi connectivity index (χ3n) is 6.03. The van der Waals surface area contributed by atoms with Crippen molar-refractivity contribution in [2.75, 3.05) is 37.6 Å². The van der Waals surface area contributed by atoms with Crippen molar-refractivity contribution in [2.24, 2.45) is 0 Å². The fourth-order valence-electron chi connectivity index (χ4n) is 4.43. The number of carbonyl (C=O) groups excluding carboxylic acids is 1. The van der Waals surface area contributed by atoms with Gasteiger partial charge in [-0.3, -0.25) is 4.79 Å². The summed E-state index contributed by atoms with van der Waals surface area (Å²) in [5.41, 5.74) is 5.04. The van der Waals surface area contributed by atoms with E-state index in [-0.39, 0.29) is 11.7 Å². The Hall–Kier alpha value is -2.27. The van der Waals surface area contributed by atoms with Crippen LogP contribution in [0.2, 0.25) is 0 Å². The second-order valence-electron chi connectivity index (χ2n) is 7.74. The third kappa shape index (κ3) is 3.48. The quantitative estimate of drug-likeness (QED) is 0.837. The maximum absolute atomic E-state index is 12.9. The highest BCUT2D eigenvalue weighted by atomic mass is 16.1. The van der Waals surface area contributed by atoms with Crippen molar-refractivity contribution >= 4 is 11.7 Å². The number of piperazine rings is 1. The van der Waals surface area contributed by atoms with Crippen LogP contribution < -0.4 is 4.90 Å².